The number of hydrogen-bond acceptors (Lipinski definition) is 5. The molecule has 9 heteroatoms. The maximum absolute atomic E-state index is 11.4. The van der Waals surface area contributed by atoms with Crippen LogP contribution in [0.3, 0.4) is 0 Å². The molecular weight excluding hydrogens is 264 g/mol. The smallest absolute Gasteiger partial charge is 0.328 e. The third-order valence-corrected chi connectivity index (χ3v) is 3.68. The maximum Gasteiger partial charge on any atom is 0.328 e. The van der Waals surface area contributed by atoms with E-state index in [9.17, 15) is 18.0 Å². The molecule has 1 aliphatic rings. The van der Waals surface area contributed by atoms with Gasteiger partial charge in [-0.15, -0.1) is 0 Å². The summed E-state index contributed by atoms with van der Waals surface area (Å²) < 4.78 is 22.1. The quantitative estimate of drug-likeness (QED) is 0.491. The molecule has 0 aromatic carbocycles. The first-order valence-electron chi connectivity index (χ1n) is 5.10. The van der Waals surface area contributed by atoms with Gasteiger partial charge in [0.25, 0.3) is 0 Å². The van der Waals surface area contributed by atoms with Gasteiger partial charge in [-0.3, -0.25) is 0 Å². The molecule has 1 aliphatic heterocycles. The van der Waals surface area contributed by atoms with E-state index in [2.05, 4.69) is 5.32 Å². The van der Waals surface area contributed by atoms with Crippen LogP contribution in [0, 0.1) is 0 Å². The summed E-state index contributed by atoms with van der Waals surface area (Å²) in [6.07, 6.45) is 0.0312. The molecule has 0 saturated heterocycles. The van der Waals surface area contributed by atoms with Crippen LogP contribution in [0.15, 0.2) is 11.5 Å². The van der Waals surface area contributed by atoms with Crippen LogP contribution >= 0.6 is 0 Å². The Morgan fingerprint density at radius 2 is 2.06 bits per heavy atom. The Hall–Kier alpha value is -1.61. The number of carboxylic acid groups (broad SMARTS) is 1. The van der Waals surface area contributed by atoms with Crippen LogP contribution in [0.5, 0.6) is 0 Å². The van der Waals surface area contributed by atoms with E-state index < -0.39 is 40.0 Å². The summed E-state index contributed by atoms with van der Waals surface area (Å²) >= 11 is 0. The molecule has 0 radical (unpaired) electrons. The number of urea groups is 1. The van der Waals surface area contributed by atoms with Crippen molar-refractivity contribution in [2.24, 2.45) is 0 Å². The van der Waals surface area contributed by atoms with E-state index >= 15 is 0 Å². The predicted molar refractivity (Wildman–Crippen MR) is 61.5 cm³/mol. The molecule has 0 aliphatic carbocycles. The Kier molecular flexibility index (Phi) is 4.30. The van der Waals surface area contributed by atoms with Crippen molar-refractivity contribution in [2.45, 2.75) is 25.1 Å². The molecule has 0 fully saturated rings. The molecular formula is C9H14N2O6S. The molecule has 1 heterocycles. The summed E-state index contributed by atoms with van der Waals surface area (Å²) in [5, 5.41) is 23.2. The monoisotopic (exact) mass is 278 g/mol. The number of amides is 2. The van der Waals surface area contributed by atoms with Crippen molar-refractivity contribution in [2.75, 3.05) is 5.75 Å². The molecule has 102 valence electrons. The van der Waals surface area contributed by atoms with Crippen LogP contribution in [0.25, 0.3) is 0 Å². The molecule has 0 aromatic rings. The highest BCUT2D eigenvalue weighted by Gasteiger charge is 2.27. The van der Waals surface area contributed by atoms with E-state index in [1.165, 1.54) is 13.0 Å². The minimum Gasteiger partial charge on any atom is -0.480 e. The number of aliphatic hydroxyl groups excluding tert-OH is 1. The second kappa shape index (κ2) is 5.36. The summed E-state index contributed by atoms with van der Waals surface area (Å²) in [5.41, 5.74) is 0. The molecule has 0 saturated carbocycles. The number of carbonyl (C=O) groups is 2. The summed E-state index contributed by atoms with van der Waals surface area (Å²) in [5.74, 6) is -1.64. The maximum atomic E-state index is 11.4. The van der Waals surface area contributed by atoms with Crippen molar-refractivity contribution in [3.05, 3.63) is 11.5 Å². The molecule has 0 aromatic heterocycles. The van der Waals surface area contributed by atoms with Gasteiger partial charge >= 0.3 is 12.0 Å². The fourth-order valence-corrected chi connectivity index (χ4v) is 2.64. The average Bonchev–Trinajstić information content (AvgIpc) is 2.53. The first kappa shape index (κ1) is 14.5. The lowest BCUT2D eigenvalue weighted by atomic mass is 10.2. The van der Waals surface area contributed by atoms with Gasteiger partial charge in [0.2, 0.25) is 0 Å². The lowest BCUT2D eigenvalue weighted by Gasteiger charge is -2.18. The number of sulfone groups is 1. The highest BCUT2D eigenvalue weighted by Crippen LogP contribution is 2.07. The van der Waals surface area contributed by atoms with E-state index in [4.69, 9.17) is 10.2 Å². The third-order valence-electron chi connectivity index (χ3n) is 2.28. The van der Waals surface area contributed by atoms with Crippen LogP contribution < -0.4 is 10.6 Å². The summed E-state index contributed by atoms with van der Waals surface area (Å²) in [4.78, 5) is 22.1. The van der Waals surface area contributed by atoms with Gasteiger partial charge < -0.3 is 20.8 Å². The molecule has 1 rings (SSSR count). The van der Waals surface area contributed by atoms with Gasteiger partial charge in [-0.05, 0) is 13.0 Å². The largest absolute Gasteiger partial charge is 0.480 e. The van der Waals surface area contributed by atoms with E-state index in [0.29, 0.717) is 0 Å². The number of carboxylic acids is 1. The van der Waals surface area contributed by atoms with Crippen LogP contribution in [0.2, 0.25) is 0 Å². The van der Waals surface area contributed by atoms with Gasteiger partial charge in [-0.1, -0.05) is 0 Å². The Morgan fingerprint density at radius 1 is 1.44 bits per heavy atom. The van der Waals surface area contributed by atoms with Crippen molar-refractivity contribution < 1.29 is 28.2 Å². The van der Waals surface area contributed by atoms with E-state index in [1.807, 2.05) is 5.32 Å². The molecule has 3 atom stereocenters. The lowest BCUT2D eigenvalue weighted by molar-refractivity contribution is -0.141. The zero-order chi connectivity index (χ0) is 13.9. The molecule has 3 unspecified atom stereocenters. The molecule has 0 bridgehead atoms. The van der Waals surface area contributed by atoms with Crippen molar-refractivity contribution in [3.8, 4) is 0 Å². The number of nitrogens with one attached hydrogen (secondary N) is 2. The Balaban J connectivity index is 2.52. The van der Waals surface area contributed by atoms with Gasteiger partial charge in [-0.2, -0.15) is 0 Å². The lowest BCUT2D eigenvalue weighted by Crippen LogP contribution is -2.53. The van der Waals surface area contributed by atoms with Gasteiger partial charge in [0, 0.05) is 5.41 Å². The number of hydrogen-bond donors (Lipinski definition) is 4. The Bertz CT molecular complexity index is 469. The summed E-state index contributed by atoms with van der Waals surface area (Å²) in [6.45, 7) is 1.22. The van der Waals surface area contributed by atoms with E-state index in [1.54, 1.807) is 0 Å². The number of rotatable bonds is 4. The number of aliphatic carboxylic acids is 1. The normalized spacial score (nSPS) is 24.2. The minimum absolute atomic E-state index is 0.257. The van der Waals surface area contributed by atoms with Crippen molar-refractivity contribution in [3.63, 3.8) is 0 Å². The Morgan fingerprint density at radius 3 is 2.44 bits per heavy atom. The van der Waals surface area contributed by atoms with Crippen LogP contribution in [0.4, 0.5) is 4.79 Å². The Labute approximate surface area is 104 Å². The number of aliphatic hydroxyl groups is 1. The number of carbonyl (C=O) groups excluding carboxylic acids is 1. The molecule has 8 nitrogen and oxygen atoms in total. The topological polar surface area (TPSA) is 133 Å². The van der Waals surface area contributed by atoms with Gasteiger partial charge in [0.15, 0.2) is 15.9 Å². The predicted octanol–water partition coefficient (Wildman–Crippen LogP) is -1.57. The zero-order valence-corrected chi connectivity index (χ0v) is 10.3. The van der Waals surface area contributed by atoms with Crippen molar-refractivity contribution in [1.29, 1.82) is 0 Å². The SMILES string of the molecule is CC(O)C(NC(=O)NC1C=CS(=O)(=O)C1)C(=O)O. The summed E-state index contributed by atoms with van der Waals surface area (Å²) in [6, 6.07) is -3.00. The highest BCUT2D eigenvalue weighted by atomic mass is 32.2. The van der Waals surface area contributed by atoms with E-state index in [0.717, 1.165) is 5.41 Å². The van der Waals surface area contributed by atoms with Crippen LogP contribution in [-0.2, 0) is 14.6 Å². The van der Waals surface area contributed by atoms with Gasteiger partial charge in [0.05, 0.1) is 17.9 Å². The first-order valence-corrected chi connectivity index (χ1v) is 6.81. The third kappa shape index (κ3) is 4.00. The second-order valence-corrected chi connectivity index (χ2v) is 5.87. The molecule has 18 heavy (non-hydrogen) atoms. The molecule has 2 amide bonds. The fourth-order valence-electron chi connectivity index (χ4n) is 1.41. The average molecular weight is 278 g/mol. The first-order chi connectivity index (χ1) is 8.21. The van der Waals surface area contributed by atoms with Crippen LogP contribution in [0.1, 0.15) is 6.92 Å². The molecule has 4 N–H and O–H groups in total. The molecule has 0 spiro atoms. The van der Waals surface area contributed by atoms with Crippen molar-refractivity contribution in [1.82, 2.24) is 10.6 Å². The standard InChI is InChI=1S/C9H14N2O6S/c1-5(12)7(8(13)14)11-9(15)10-6-2-3-18(16,17)4-6/h2-3,5-7,12H,4H2,1H3,(H,13,14)(H2,10,11,15). The summed E-state index contributed by atoms with van der Waals surface area (Å²) in [7, 11) is -3.29. The zero-order valence-electron chi connectivity index (χ0n) is 9.53. The second-order valence-electron chi connectivity index (χ2n) is 3.94. The van der Waals surface area contributed by atoms with E-state index in [-0.39, 0.29) is 5.75 Å². The minimum atomic E-state index is -3.29. The van der Waals surface area contributed by atoms with Gasteiger partial charge in [-0.25, -0.2) is 18.0 Å². The highest BCUT2D eigenvalue weighted by molar-refractivity contribution is 7.94. The van der Waals surface area contributed by atoms with Crippen LogP contribution in [-0.4, -0.2) is 54.6 Å². The fraction of sp³-hybridized carbons (Fsp3) is 0.556. The van der Waals surface area contributed by atoms with Gasteiger partial charge in [0.1, 0.15) is 0 Å². The van der Waals surface area contributed by atoms with Crippen molar-refractivity contribution >= 4 is 21.8 Å².